The van der Waals surface area contributed by atoms with Crippen molar-refractivity contribution in [2.45, 2.75) is 0 Å². The van der Waals surface area contributed by atoms with Gasteiger partial charge in [0.15, 0.2) is 5.69 Å². The predicted molar refractivity (Wildman–Crippen MR) is 76.8 cm³/mol. The van der Waals surface area contributed by atoms with Crippen LogP contribution in [0.1, 0.15) is 10.5 Å². The van der Waals surface area contributed by atoms with Crippen LogP contribution in [0, 0.1) is 0 Å². The van der Waals surface area contributed by atoms with Crippen molar-refractivity contribution in [2.75, 3.05) is 7.11 Å². The summed E-state index contributed by atoms with van der Waals surface area (Å²) in [6.07, 6.45) is 2.89. The van der Waals surface area contributed by atoms with Crippen LogP contribution in [0.4, 0.5) is 0 Å². The van der Waals surface area contributed by atoms with Crippen LogP contribution >= 0.6 is 0 Å². The Kier molecular flexibility index (Phi) is 3.63. The minimum atomic E-state index is -0.642. The number of rotatable bonds is 3. The van der Waals surface area contributed by atoms with Gasteiger partial charge in [-0.2, -0.15) is 14.9 Å². The molecule has 116 valence electrons. The molecule has 0 fully saturated rings. The Bertz CT molecular complexity index is 931. The molecule has 10 nitrogen and oxygen atoms in total. The Morgan fingerprint density at radius 2 is 2.04 bits per heavy atom. The van der Waals surface area contributed by atoms with Crippen LogP contribution in [0.5, 0.6) is 0 Å². The first-order valence-corrected chi connectivity index (χ1v) is 6.47. The zero-order chi connectivity index (χ0) is 16.4. The molecule has 0 aromatic carbocycles. The fourth-order valence-corrected chi connectivity index (χ4v) is 1.93. The molecule has 0 aliphatic rings. The van der Waals surface area contributed by atoms with Crippen LogP contribution in [0.25, 0.3) is 17.1 Å². The van der Waals surface area contributed by atoms with Crippen molar-refractivity contribution < 1.29 is 9.53 Å². The highest BCUT2D eigenvalue weighted by Gasteiger charge is 2.13. The molecule has 3 rings (SSSR count). The molecule has 0 N–H and O–H groups in total. The van der Waals surface area contributed by atoms with Crippen molar-refractivity contribution in [3.05, 3.63) is 46.6 Å². The second-order valence-electron chi connectivity index (χ2n) is 4.50. The minimum absolute atomic E-state index is 0.00709. The van der Waals surface area contributed by atoms with Gasteiger partial charge in [-0.05, 0) is 12.1 Å². The third kappa shape index (κ3) is 2.69. The number of carbonyl (C=O) groups is 1. The maximum atomic E-state index is 12.0. The van der Waals surface area contributed by atoms with E-state index in [4.69, 9.17) is 0 Å². The van der Waals surface area contributed by atoms with Gasteiger partial charge in [-0.3, -0.25) is 4.79 Å². The minimum Gasteiger partial charge on any atom is -0.464 e. The van der Waals surface area contributed by atoms with Gasteiger partial charge >= 0.3 is 5.97 Å². The summed E-state index contributed by atoms with van der Waals surface area (Å²) >= 11 is 0. The van der Waals surface area contributed by atoms with Gasteiger partial charge in [-0.25, -0.2) is 9.48 Å². The van der Waals surface area contributed by atoms with E-state index in [-0.39, 0.29) is 5.69 Å². The van der Waals surface area contributed by atoms with Gasteiger partial charge in [-0.15, -0.1) is 10.2 Å². The summed E-state index contributed by atoms with van der Waals surface area (Å²) in [4.78, 5) is 23.6. The lowest BCUT2D eigenvalue weighted by atomic mass is 10.3. The van der Waals surface area contributed by atoms with Crippen LogP contribution in [0.3, 0.4) is 0 Å². The van der Waals surface area contributed by atoms with Crippen molar-refractivity contribution in [1.29, 1.82) is 0 Å². The van der Waals surface area contributed by atoms with Crippen molar-refractivity contribution >= 4 is 5.97 Å². The first-order chi connectivity index (χ1) is 11.1. The number of esters is 1. The zero-order valence-corrected chi connectivity index (χ0v) is 12.2. The van der Waals surface area contributed by atoms with Crippen LogP contribution in [0.15, 0.2) is 35.4 Å². The number of nitrogens with zero attached hydrogens (tertiary/aromatic N) is 7. The van der Waals surface area contributed by atoms with Gasteiger partial charge in [0.1, 0.15) is 11.4 Å². The van der Waals surface area contributed by atoms with Gasteiger partial charge in [-0.1, -0.05) is 5.21 Å². The molecule has 0 amide bonds. The van der Waals surface area contributed by atoms with Crippen LogP contribution < -0.4 is 5.56 Å². The predicted octanol–water partition coefficient (Wildman–Crippen LogP) is -0.395. The summed E-state index contributed by atoms with van der Waals surface area (Å²) in [5, 5.41) is 19.4. The van der Waals surface area contributed by atoms with Crippen LogP contribution in [-0.4, -0.2) is 48.1 Å². The second kappa shape index (κ2) is 5.75. The number of hydrogen-bond acceptors (Lipinski definition) is 8. The Morgan fingerprint density at radius 1 is 1.22 bits per heavy atom. The van der Waals surface area contributed by atoms with Crippen molar-refractivity contribution in [3.63, 3.8) is 0 Å². The zero-order valence-electron chi connectivity index (χ0n) is 12.2. The lowest BCUT2D eigenvalue weighted by Crippen LogP contribution is -2.23. The highest BCUT2D eigenvalue weighted by Crippen LogP contribution is 2.15. The molecule has 23 heavy (non-hydrogen) atoms. The summed E-state index contributed by atoms with van der Waals surface area (Å²) in [5.74, 6) is -0.642. The quantitative estimate of drug-likeness (QED) is 0.600. The van der Waals surface area contributed by atoms with Crippen molar-refractivity contribution in [1.82, 2.24) is 35.0 Å². The van der Waals surface area contributed by atoms with E-state index in [2.05, 4.69) is 30.3 Å². The fourth-order valence-electron chi connectivity index (χ4n) is 1.93. The molecule has 3 aromatic rings. The molecular weight excluding hydrogens is 302 g/mol. The first kappa shape index (κ1) is 14.5. The highest BCUT2D eigenvalue weighted by atomic mass is 16.5. The highest BCUT2D eigenvalue weighted by molar-refractivity contribution is 5.86. The van der Waals surface area contributed by atoms with Gasteiger partial charge < -0.3 is 4.74 Å². The maximum absolute atomic E-state index is 12.0. The molecule has 0 atom stereocenters. The molecule has 10 heteroatoms. The summed E-state index contributed by atoms with van der Waals surface area (Å²) in [6, 6.07) is 4.12. The van der Waals surface area contributed by atoms with E-state index in [9.17, 15) is 9.59 Å². The Hall–Kier alpha value is -3.43. The molecule has 0 aliphatic carbocycles. The average molecular weight is 313 g/mol. The third-order valence-corrected chi connectivity index (χ3v) is 3.06. The molecule has 0 spiro atoms. The van der Waals surface area contributed by atoms with Crippen molar-refractivity contribution in [2.24, 2.45) is 7.05 Å². The Balaban J connectivity index is 2.11. The summed E-state index contributed by atoms with van der Waals surface area (Å²) < 4.78 is 7.17. The molecule has 0 aliphatic heterocycles. The SMILES string of the molecule is COC(=O)c1ccc(=O)n(-c2cnnc(-c3cnnn3C)c2)n1. The van der Waals surface area contributed by atoms with Gasteiger partial charge in [0, 0.05) is 13.1 Å². The second-order valence-corrected chi connectivity index (χ2v) is 4.50. The van der Waals surface area contributed by atoms with E-state index in [1.165, 1.54) is 36.3 Å². The number of carbonyl (C=O) groups excluding carboxylic acids is 1. The molecule has 0 radical (unpaired) electrons. The number of aromatic nitrogens is 7. The van der Waals surface area contributed by atoms with E-state index in [1.807, 2.05) is 0 Å². The smallest absolute Gasteiger partial charge is 0.358 e. The van der Waals surface area contributed by atoms with Gasteiger partial charge in [0.05, 0.1) is 25.2 Å². The van der Waals surface area contributed by atoms with Gasteiger partial charge in [0.2, 0.25) is 0 Å². The number of methoxy groups -OCH3 is 1. The van der Waals surface area contributed by atoms with E-state index in [1.54, 1.807) is 13.1 Å². The van der Waals surface area contributed by atoms with Crippen molar-refractivity contribution in [3.8, 4) is 17.1 Å². The molecule has 3 heterocycles. The lowest BCUT2D eigenvalue weighted by Gasteiger charge is -2.06. The Morgan fingerprint density at radius 3 is 2.74 bits per heavy atom. The summed E-state index contributed by atoms with van der Waals surface area (Å²) in [6.45, 7) is 0. The number of hydrogen-bond donors (Lipinski definition) is 0. The largest absolute Gasteiger partial charge is 0.464 e. The molecule has 0 saturated heterocycles. The normalized spacial score (nSPS) is 10.5. The fraction of sp³-hybridized carbons (Fsp3) is 0.154. The average Bonchev–Trinajstić information content (AvgIpc) is 3.01. The first-order valence-electron chi connectivity index (χ1n) is 6.47. The van der Waals surface area contributed by atoms with Crippen LogP contribution in [-0.2, 0) is 11.8 Å². The molecule has 0 bridgehead atoms. The number of ether oxygens (including phenoxy) is 1. The van der Waals surface area contributed by atoms with Crippen LogP contribution in [0.2, 0.25) is 0 Å². The van der Waals surface area contributed by atoms with E-state index in [0.717, 1.165) is 4.68 Å². The summed E-state index contributed by atoms with van der Waals surface area (Å²) in [7, 11) is 2.94. The van der Waals surface area contributed by atoms with Gasteiger partial charge in [0.25, 0.3) is 5.56 Å². The summed E-state index contributed by atoms with van der Waals surface area (Å²) in [5.41, 5.74) is 1.03. The number of aryl methyl sites for hydroxylation is 1. The van der Waals surface area contributed by atoms with E-state index >= 15 is 0 Å². The standard InChI is InChI=1S/C13H11N7O3/c1-19-11(7-15-18-19)10-5-8(6-14-16-10)20-12(21)4-3-9(17-20)13(22)23-2/h3-7H,1-2H3. The lowest BCUT2D eigenvalue weighted by molar-refractivity contribution is 0.0591. The van der Waals surface area contributed by atoms with E-state index < -0.39 is 11.5 Å². The molecule has 0 saturated carbocycles. The van der Waals surface area contributed by atoms with E-state index in [0.29, 0.717) is 17.1 Å². The Labute approximate surface area is 129 Å². The maximum Gasteiger partial charge on any atom is 0.358 e. The third-order valence-electron chi connectivity index (χ3n) is 3.06. The molecule has 3 aromatic heterocycles. The molecular formula is C13H11N7O3. The monoisotopic (exact) mass is 313 g/mol. The molecule has 0 unspecified atom stereocenters. The topological polar surface area (TPSA) is 118 Å².